The molecule has 0 aliphatic carbocycles. The van der Waals surface area contributed by atoms with Crippen molar-refractivity contribution in [3.63, 3.8) is 0 Å². The first-order valence-electron chi connectivity index (χ1n) is 1.38. The minimum atomic E-state index is -2.07. The van der Waals surface area contributed by atoms with Gasteiger partial charge in [-0.3, -0.25) is 0 Å². The van der Waals surface area contributed by atoms with Gasteiger partial charge in [0.15, 0.2) is 0 Å². The van der Waals surface area contributed by atoms with Crippen LogP contribution >= 0.6 is 46.7 Å². The van der Waals surface area contributed by atoms with Gasteiger partial charge in [0.05, 0.1) is 0 Å². The molecule has 7 heteroatoms. The van der Waals surface area contributed by atoms with Crippen molar-refractivity contribution in [2.24, 2.45) is 0 Å². The molecule has 0 amide bonds. The van der Waals surface area contributed by atoms with Gasteiger partial charge in [-0.25, -0.2) is 4.79 Å². The number of rotatable bonds is 0. The molecule has 0 rings (SSSR count). The molecule has 0 aromatic rings. The van der Waals surface area contributed by atoms with E-state index in [0.29, 0.717) is 0 Å². The second-order valence-electron chi connectivity index (χ2n) is 0.862. The van der Waals surface area contributed by atoms with Crippen molar-refractivity contribution in [1.29, 1.82) is 0 Å². The Morgan fingerprint density at radius 3 is 1.67 bits per heavy atom. The summed E-state index contributed by atoms with van der Waals surface area (Å²) in [5.74, 6) is -1.11. The summed E-state index contributed by atoms with van der Waals surface area (Å²) in [7, 11) is 0. The smallest absolute Gasteiger partial charge is 0.343 e. The standard InChI is InChI=1S/C2Cl4O2.Na/c3-2(4,5)1(7)8-6;. The van der Waals surface area contributed by atoms with Crippen LogP contribution in [0.5, 0.6) is 0 Å². The molecule has 0 heterocycles. The molecule has 0 spiro atoms. The molecule has 0 aromatic carbocycles. The molecule has 9 heavy (non-hydrogen) atoms. The van der Waals surface area contributed by atoms with Crippen molar-refractivity contribution in [2.45, 2.75) is 3.79 Å². The Morgan fingerprint density at radius 2 is 1.67 bits per heavy atom. The first-order valence-corrected chi connectivity index (χ1v) is 2.82. The van der Waals surface area contributed by atoms with Crippen molar-refractivity contribution in [3.05, 3.63) is 0 Å². The van der Waals surface area contributed by atoms with Gasteiger partial charge in [0.1, 0.15) is 11.9 Å². The van der Waals surface area contributed by atoms with E-state index in [1.807, 2.05) is 0 Å². The molecule has 0 atom stereocenters. The molecular formula is C2Cl4NaO2. The molecule has 0 saturated heterocycles. The van der Waals surface area contributed by atoms with Crippen molar-refractivity contribution in [1.82, 2.24) is 0 Å². The fourth-order valence-corrected chi connectivity index (χ4v) is 0.394. The Morgan fingerprint density at radius 1 is 1.33 bits per heavy atom. The van der Waals surface area contributed by atoms with Gasteiger partial charge in [0.2, 0.25) is 0 Å². The number of carbonyl (C=O) groups is 1. The number of halogens is 4. The van der Waals surface area contributed by atoms with Crippen LogP contribution in [0.3, 0.4) is 0 Å². The predicted molar refractivity (Wildman–Crippen MR) is 38.0 cm³/mol. The Bertz CT molecular complexity index is 99.2. The molecule has 49 valence electrons. The van der Waals surface area contributed by atoms with E-state index in [9.17, 15) is 4.79 Å². The largest absolute Gasteiger partial charge is 0.376 e. The third kappa shape index (κ3) is 6.05. The summed E-state index contributed by atoms with van der Waals surface area (Å²) in [5.41, 5.74) is 0. The van der Waals surface area contributed by atoms with E-state index in [2.05, 4.69) is 16.2 Å². The summed E-state index contributed by atoms with van der Waals surface area (Å²) in [6.45, 7) is 0. The molecule has 0 unspecified atom stereocenters. The Labute approximate surface area is 94.2 Å². The predicted octanol–water partition coefficient (Wildman–Crippen LogP) is 1.67. The van der Waals surface area contributed by atoms with E-state index in [0.717, 1.165) is 0 Å². The summed E-state index contributed by atoms with van der Waals surface area (Å²) in [6.07, 6.45) is 0. The number of carbonyl (C=O) groups excluding carboxylic acids is 1. The second-order valence-corrected chi connectivity index (χ2v) is 3.30. The Balaban J connectivity index is 0. The van der Waals surface area contributed by atoms with Gasteiger partial charge in [0.25, 0.3) is 3.79 Å². The van der Waals surface area contributed by atoms with Gasteiger partial charge in [-0.2, -0.15) is 0 Å². The van der Waals surface area contributed by atoms with Crippen LogP contribution in [-0.4, -0.2) is 39.3 Å². The van der Waals surface area contributed by atoms with E-state index < -0.39 is 9.76 Å². The van der Waals surface area contributed by atoms with Gasteiger partial charge in [-0.05, 0) is 0 Å². The van der Waals surface area contributed by atoms with Gasteiger partial charge >= 0.3 is 5.97 Å². The molecule has 0 aromatic heterocycles. The maximum absolute atomic E-state index is 10.1. The summed E-state index contributed by atoms with van der Waals surface area (Å²) in [6, 6.07) is 0. The fourth-order valence-electron chi connectivity index (χ4n) is 0.0437. The molecule has 0 aliphatic rings. The van der Waals surface area contributed by atoms with E-state index in [4.69, 9.17) is 34.8 Å². The molecule has 0 bridgehead atoms. The third-order valence-electron chi connectivity index (χ3n) is 0.302. The monoisotopic (exact) mass is 219 g/mol. The van der Waals surface area contributed by atoms with E-state index in [1.54, 1.807) is 0 Å². The maximum Gasteiger partial charge on any atom is 0.376 e. The molecule has 2 nitrogen and oxygen atoms in total. The van der Waals surface area contributed by atoms with E-state index >= 15 is 0 Å². The first kappa shape index (κ1) is 13.2. The van der Waals surface area contributed by atoms with Crippen LogP contribution in [0.1, 0.15) is 0 Å². The first-order chi connectivity index (χ1) is 3.48. The van der Waals surface area contributed by atoms with Crippen molar-refractivity contribution in [3.8, 4) is 0 Å². The van der Waals surface area contributed by atoms with Gasteiger partial charge < -0.3 is 4.29 Å². The summed E-state index contributed by atoms with van der Waals surface area (Å²) in [5, 5.41) is 0. The quantitative estimate of drug-likeness (QED) is 0.459. The summed E-state index contributed by atoms with van der Waals surface area (Å²) >= 11 is 19.4. The van der Waals surface area contributed by atoms with Crippen molar-refractivity contribution >= 4 is 82.2 Å². The van der Waals surface area contributed by atoms with Crippen LogP contribution in [0.2, 0.25) is 0 Å². The molecular weight excluding hydrogens is 221 g/mol. The van der Waals surface area contributed by atoms with Crippen molar-refractivity contribution in [2.75, 3.05) is 0 Å². The number of hydrogen-bond donors (Lipinski definition) is 0. The van der Waals surface area contributed by atoms with Crippen molar-refractivity contribution < 1.29 is 9.08 Å². The second kappa shape index (κ2) is 5.30. The average Bonchev–Trinajstić information content (AvgIpc) is 1.62. The molecule has 0 N–H and O–H groups in total. The number of hydrogen-bond acceptors (Lipinski definition) is 2. The third-order valence-corrected chi connectivity index (χ3v) is 0.905. The molecule has 0 fully saturated rings. The Kier molecular flexibility index (Phi) is 7.80. The molecule has 1 radical (unpaired) electrons. The van der Waals surface area contributed by atoms with Crippen LogP contribution in [0.4, 0.5) is 0 Å². The van der Waals surface area contributed by atoms with Crippen LogP contribution < -0.4 is 0 Å². The zero-order chi connectivity index (χ0) is 6.78. The SMILES string of the molecule is O=C(OCl)C(Cl)(Cl)Cl.[Na]. The minimum Gasteiger partial charge on any atom is -0.343 e. The molecule has 0 saturated carbocycles. The fraction of sp³-hybridized carbons (Fsp3) is 0.500. The minimum absolute atomic E-state index is 0. The summed E-state index contributed by atoms with van der Waals surface area (Å²) < 4.78 is 1.48. The van der Waals surface area contributed by atoms with E-state index in [1.165, 1.54) is 0 Å². The van der Waals surface area contributed by atoms with Crippen LogP contribution in [0, 0.1) is 0 Å². The molecule has 0 aliphatic heterocycles. The van der Waals surface area contributed by atoms with Crippen LogP contribution in [-0.2, 0) is 9.08 Å². The van der Waals surface area contributed by atoms with Crippen LogP contribution in [0.25, 0.3) is 0 Å². The Hall–Kier alpha value is 1.63. The van der Waals surface area contributed by atoms with E-state index in [-0.39, 0.29) is 29.6 Å². The van der Waals surface area contributed by atoms with Gasteiger partial charge in [0, 0.05) is 29.6 Å². The average molecular weight is 221 g/mol. The van der Waals surface area contributed by atoms with Crippen LogP contribution in [0.15, 0.2) is 0 Å². The number of alkyl halides is 3. The zero-order valence-electron chi connectivity index (χ0n) is 4.33. The normalized spacial score (nSPS) is 9.78. The van der Waals surface area contributed by atoms with Gasteiger partial charge in [-0.15, -0.1) is 0 Å². The zero-order valence-corrected chi connectivity index (χ0v) is 9.35. The van der Waals surface area contributed by atoms with Gasteiger partial charge in [-0.1, -0.05) is 34.8 Å². The topological polar surface area (TPSA) is 26.3 Å². The maximum atomic E-state index is 10.1. The summed E-state index contributed by atoms with van der Waals surface area (Å²) in [4.78, 5) is 10.1.